The van der Waals surface area contributed by atoms with Crippen molar-refractivity contribution in [1.82, 2.24) is 4.98 Å². The zero-order valence-electron chi connectivity index (χ0n) is 12.6. The van der Waals surface area contributed by atoms with Crippen molar-refractivity contribution in [2.24, 2.45) is 0 Å². The molecule has 0 spiro atoms. The summed E-state index contributed by atoms with van der Waals surface area (Å²) in [5.41, 5.74) is 1.63. The maximum absolute atomic E-state index is 13.1. The lowest BCUT2D eigenvalue weighted by atomic mass is 9.99. The van der Waals surface area contributed by atoms with E-state index in [-0.39, 0.29) is 5.52 Å². The summed E-state index contributed by atoms with van der Waals surface area (Å²) in [6, 6.07) is 13.3. The molecule has 3 aromatic rings. The first kappa shape index (κ1) is 15.3. The van der Waals surface area contributed by atoms with Gasteiger partial charge in [-0.2, -0.15) is 13.2 Å². The average Bonchev–Trinajstić information content (AvgIpc) is 2.53. The van der Waals surface area contributed by atoms with Crippen molar-refractivity contribution in [3.63, 3.8) is 0 Å². The number of aromatic nitrogens is 1. The van der Waals surface area contributed by atoms with Gasteiger partial charge >= 0.3 is 6.18 Å². The van der Waals surface area contributed by atoms with Gasteiger partial charge in [0.1, 0.15) is 11.4 Å². The molecule has 0 unspecified atom stereocenters. The lowest BCUT2D eigenvalue weighted by molar-refractivity contribution is -0.140. The molecule has 0 amide bonds. The third-order valence-corrected chi connectivity index (χ3v) is 3.67. The van der Waals surface area contributed by atoms with Crippen molar-refractivity contribution in [2.75, 3.05) is 7.11 Å². The number of pyridine rings is 1. The topological polar surface area (TPSA) is 22.1 Å². The van der Waals surface area contributed by atoms with Crippen LogP contribution in [-0.4, -0.2) is 12.1 Å². The number of hydrogen-bond donors (Lipinski definition) is 0. The van der Waals surface area contributed by atoms with Crippen LogP contribution < -0.4 is 4.74 Å². The van der Waals surface area contributed by atoms with Crippen LogP contribution in [0, 0.1) is 6.92 Å². The lowest BCUT2D eigenvalue weighted by Crippen LogP contribution is -2.08. The zero-order chi connectivity index (χ0) is 16.6. The van der Waals surface area contributed by atoms with Crippen molar-refractivity contribution < 1.29 is 17.9 Å². The van der Waals surface area contributed by atoms with Crippen LogP contribution >= 0.6 is 0 Å². The van der Waals surface area contributed by atoms with Gasteiger partial charge in [0.15, 0.2) is 0 Å². The molecule has 0 aliphatic heterocycles. The molecule has 0 saturated heterocycles. The zero-order valence-corrected chi connectivity index (χ0v) is 12.6. The number of hydrogen-bond acceptors (Lipinski definition) is 2. The molecule has 5 heteroatoms. The monoisotopic (exact) mass is 317 g/mol. The number of methoxy groups -OCH3 is 1. The van der Waals surface area contributed by atoms with Crippen LogP contribution in [0.25, 0.3) is 22.0 Å². The molecular weight excluding hydrogens is 303 g/mol. The molecule has 1 heterocycles. The van der Waals surface area contributed by atoms with Gasteiger partial charge < -0.3 is 4.74 Å². The normalized spacial score (nSPS) is 11.7. The Morgan fingerprint density at radius 3 is 2.26 bits per heavy atom. The molecule has 0 saturated carbocycles. The van der Waals surface area contributed by atoms with Gasteiger partial charge in [-0.05, 0) is 42.3 Å². The Morgan fingerprint density at radius 2 is 1.65 bits per heavy atom. The Kier molecular flexibility index (Phi) is 3.72. The summed E-state index contributed by atoms with van der Waals surface area (Å²) in [5.74, 6) is 0.576. The van der Waals surface area contributed by atoms with Crippen molar-refractivity contribution in [2.45, 2.75) is 13.1 Å². The third-order valence-electron chi connectivity index (χ3n) is 3.67. The SMILES string of the molecule is COc1ccc2nc(C(F)(F)F)cc(-c3ccc(C)cc3)c2c1. The molecule has 23 heavy (non-hydrogen) atoms. The third kappa shape index (κ3) is 2.99. The number of aryl methyl sites for hydroxylation is 1. The van der Waals surface area contributed by atoms with E-state index in [9.17, 15) is 13.2 Å². The molecular formula is C18H14F3NO. The quantitative estimate of drug-likeness (QED) is 0.645. The minimum Gasteiger partial charge on any atom is -0.497 e. The summed E-state index contributed by atoms with van der Waals surface area (Å²) < 4.78 is 44.6. The molecule has 0 aliphatic rings. The van der Waals surface area contributed by atoms with Gasteiger partial charge in [0.25, 0.3) is 0 Å². The summed E-state index contributed by atoms with van der Waals surface area (Å²) in [4.78, 5) is 3.75. The van der Waals surface area contributed by atoms with Crippen LogP contribution in [0.4, 0.5) is 13.2 Å². The fourth-order valence-electron chi connectivity index (χ4n) is 2.45. The van der Waals surface area contributed by atoms with E-state index in [2.05, 4.69) is 4.98 Å². The van der Waals surface area contributed by atoms with Gasteiger partial charge in [-0.25, -0.2) is 4.98 Å². The second kappa shape index (κ2) is 5.57. The van der Waals surface area contributed by atoms with Gasteiger partial charge in [0, 0.05) is 5.39 Å². The van der Waals surface area contributed by atoms with Crippen LogP contribution in [-0.2, 0) is 6.18 Å². The molecule has 3 rings (SSSR count). The minimum atomic E-state index is -4.49. The Labute approximate surface area is 131 Å². The summed E-state index contributed by atoms with van der Waals surface area (Å²) in [6.07, 6.45) is -4.49. The first-order chi connectivity index (χ1) is 10.9. The van der Waals surface area contributed by atoms with Gasteiger partial charge in [-0.1, -0.05) is 29.8 Å². The largest absolute Gasteiger partial charge is 0.497 e. The number of ether oxygens (including phenoxy) is 1. The molecule has 0 N–H and O–H groups in total. The maximum Gasteiger partial charge on any atom is 0.433 e. The Morgan fingerprint density at radius 1 is 0.957 bits per heavy atom. The number of alkyl halides is 3. The lowest BCUT2D eigenvalue weighted by Gasteiger charge is -2.13. The van der Waals surface area contributed by atoms with Crippen LogP contribution in [0.3, 0.4) is 0 Å². The molecule has 2 aromatic carbocycles. The molecule has 0 bridgehead atoms. The van der Waals surface area contributed by atoms with E-state index in [4.69, 9.17) is 4.74 Å². The van der Waals surface area contributed by atoms with Crippen LogP contribution in [0.15, 0.2) is 48.5 Å². The molecule has 0 fully saturated rings. The smallest absolute Gasteiger partial charge is 0.433 e. The van der Waals surface area contributed by atoms with Crippen molar-refractivity contribution >= 4 is 10.9 Å². The first-order valence-corrected chi connectivity index (χ1v) is 7.01. The minimum absolute atomic E-state index is 0.288. The van der Waals surface area contributed by atoms with Crippen LogP contribution in [0.2, 0.25) is 0 Å². The molecule has 0 aliphatic carbocycles. The number of benzene rings is 2. The maximum atomic E-state index is 13.1. The van der Waals surface area contributed by atoms with E-state index in [1.807, 2.05) is 31.2 Å². The van der Waals surface area contributed by atoms with Gasteiger partial charge in [0.2, 0.25) is 0 Å². The van der Waals surface area contributed by atoms with E-state index in [1.54, 1.807) is 18.2 Å². The van der Waals surface area contributed by atoms with Gasteiger partial charge in [-0.15, -0.1) is 0 Å². The molecule has 2 nitrogen and oxygen atoms in total. The summed E-state index contributed by atoms with van der Waals surface area (Å²) in [5, 5.41) is 0.626. The van der Waals surface area contributed by atoms with E-state index in [1.165, 1.54) is 7.11 Å². The van der Waals surface area contributed by atoms with Gasteiger partial charge in [0.05, 0.1) is 12.6 Å². The number of halogens is 3. The van der Waals surface area contributed by atoms with Crippen LogP contribution in [0.5, 0.6) is 5.75 Å². The molecule has 118 valence electrons. The van der Waals surface area contributed by atoms with E-state index >= 15 is 0 Å². The molecule has 0 atom stereocenters. The second-order valence-electron chi connectivity index (χ2n) is 5.30. The van der Waals surface area contributed by atoms with Crippen LogP contribution in [0.1, 0.15) is 11.3 Å². The molecule has 0 radical (unpaired) electrons. The first-order valence-electron chi connectivity index (χ1n) is 7.01. The van der Waals surface area contributed by atoms with Crippen molar-refractivity contribution in [1.29, 1.82) is 0 Å². The van der Waals surface area contributed by atoms with Crippen molar-refractivity contribution in [3.8, 4) is 16.9 Å². The Balaban J connectivity index is 2.33. The highest BCUT2D eigenvalue weighted by molar-refractivity contribution is 5.95. The standard InChI is InChI=1S/C18H14F3NO/c1-11-3-5-12(6-4-11)14-10-17(18(19,20)21)22-16-8-7-13(23-2)9-15(14)16/h3-10H,1-2H3. The van der Waals surface area contributed by atoms with E-state index < -0.39 is 11.9 Å². The summed E-state index contributed by atoms with van der Waals surface area (Å²) in [7, 11) is 1.52. The number of fused-ring (bicyclic) bond motifs is 1. The fourth-order valence-corrected chi connectivity index (χ4v) is 2.45. The van der Waals surface area contributed by atoms with Gasteiger partial charge in [-0.3, -0.25) is 0 Å². The highest BCUT2D eigenvalue weighted by atomic mass is 19.4. The average molecular weight is 317 g/mol. The number of rotatable bonds is 2. The predicted octanol–water partition coefficient (Wildman–Crippen LogP) is 5.24. The number of nitrogens with zero attached hydrogens (tertiary/aromatic N) is 1. The Bertz CT molecular complexity index is 855. The Hall–Kier alpha value is -2.56. The van der Waals surface area contributed by atoms with Crippen molar-refractivity contribution in [3.05, 3.63) is 59.8 Å². The second-order valence-corrected chi connectivity index (χ2v) is 5.30. The van der Waals surface area contributed by atoms with E-state index in [0.717, 1.165) is 11.6 Å². The summed E-state index contributed by atoms with van der Waals surface area (Å²) >= 11 is 0. The highest BCUT2D eigenvalue weighted by Crippen LogP contribution is 2.36. The van der Waals surface area contributed by atoms with E-state index in [0.29, 0.717) is 22.3 Å². The molecule has 1 aromatic heterocycles. The highest BCUT2D eigenvalue weighted by Gasteiger charge is 2.33. The predicted molar refractivity (Wildman–Crippen MR) is 83.5 cm³/mol. The fraction of sp³-hybridized carbons (Fsp3) is 0.167. The summed E-state index contributed by atoms with van der Waals surface area (Å²) in [6.45, 7) is 1.93.